The second-order valence-corrected chi connectivity index (χ2v) is 6.12. The van der Waals surface area contributed by atoms with Crippen LogP contribution in [-0.2, 0) is 15.7 Å². The van der Waals surface area contributed by atoms with Gasteiger partial charge in [0.1, 0.15) is 6.04 Å². The van der Waals surface area contributed by atoms with Crippen LogP contribution < -0.4 is 11.1 Å². The molecule has 0 saturated heterocycles. The highest BCUT2D eigenvalue weighted by Crippen LogP contribution is 2.36. The number of nitrogens with two attached hydrogens (primary N) is 1. The highest BCUT2D eigenvalue weighted by molar-refractivity contribution is 6.31. The minimum absolute atomic E-state index is 0.0343. The van der Waals surface area contributed by atoms with Gasteiger partial charge < -0.3 is 15.8 Å². The van der Waals surface area contributed by atoms with E-state index in [9.17, 15) is 18.0 Å². The molecule has 0 bridgehead atoms. The van der Waals surface area contributed by atoms with Gasteiger partial charge in [0.25, 0.3) is 0 Å². The quantitative estimate of drug-likeness (QED) is 0.884. The van der Waals surface area contributed by atoms with Crippen LogP contribution in [0.3, 0.4) is 0 Å². The number of nitrogens with one attached hydrogen (secondary N) is 1. The predicted molar refractivity (Wildman–Crippen MR) is 78.8 cm³/mol. The van der Waals surface area contributed by atoms with E-state index >= 15 is 0 Å². The third kappa shape index (κ3) is 5.82. The summed E-state index contributed by atoms with van der Waals surface area (Å²) >= 11 is 5.50. The van der Waals surface area contributed by atoms with Crippen molar-refractivity contribution in [3.8, 4) is 0 Å². The fraction of sp³-hybridized carbons (Fsp3) is 0.500. The van der Waals surface area contributed by atoms with Crippen molar-refractivity contribution in [3.63, 3.8) is 0 Å². The van der Waals surface area contributed by atoms with E-state index in [-0.39, 0.29) is 12.3 Å². The average molecular weight is 339 g/mol. The zero-order valence-electron chi connectivity index (χ0n) is 12.4. The first kappa shape index (κ1) is 18.7. The molecule has 1 aromatic carbocycles. The molecule has 0 spiro atoms. The van der Waals surface area contributed by atoms with Gasteiger partial charge in [-0.05, 0) is 39.0 Å². The van der Waals surface area contributed by atoms with E-state index < -0.39 is 34.3 Å². The number of carbonyl (C=O) groups is 1. The Kier molecular flexibility index (Phi) is 5.83. The summed E-state index contributed by atoms with van der Waals surface area (Å²) in [5.74, 6) is -0.639. The minimum Gasteiger partial charge on any atom is -0.374 e. The standard InChI is InChI=1S/C14H18ClF3N2O2/c1-13(2,3)22-7-11(19)12(21)20-8-4-5-10(15)9(6-8)14(16,17)18/h4-6,11H,7,19H2,1-3H3,(H,20,21). The third-order valence-corrected chi connectivity index (χ3v) is 2.90. The number of amides is 1. The van der Waals surface area contributed by atoms with Crippen molar-refractivity contribution < 1.29 is 22.7 Å². The first-order valence-electron chi connectivity index (χ1n) is 6.47. The zero-order valence-corrected chi connectivity index (χ0v) is 13.2. The van der Waals surface area contributed by atoms with Gasteiger partial charge in [0.2, 0.25) is 5.91 Å². The van der Waals surface area contributed by atoms with Gasteiger partial charge in [0, 0.05) is 5.69 Å². The summed E-state index contributed by atoms with van der Waals surface area (Å²) in [5.41, 5.74) is 4.11. The number of rotatable bonds is 4. The van der Waals surface area contributed by atoms with Crippen LogP contribution in [0, 0.1) is 0 Å². The SMILES string of the molecule is CC(C)(C)OCC(N)C(=O)Nc1ccc(Cl)c(C(F)(F)F)c1. The lowest BCUT2D eigenvalue weighted by atomic mass is 10.1. The molecule has 1 aromatic rings. The van der Waals surface area contributed by atoms with Gasteiger partial charge in [-0.25, -0.2) is 0 Å². The number of hydrogen-bond acceptors (Lipinski definition) is 3. The number of halogens is 4. The van der Waals surface area contributed by atoms with Gasteiger partial charge in [0.05, 0.1) is 22.8 Å². The Morgan fingerprint density at radius 1 is 1.36 bits per heavy atom. The fourth-order valence-corrected chi connectivity index (χ4v) is 1.70. The molecule has 0 aliphatic rings. The van der Waals surface area contributed by atoms with E-state index in [4.69, 9.17) is 22.1 Å². The molecule has 0 heterocycles. The molecule has 3 N–H and O–H groups in total. The van der Waals surface area contributed by atoms with E-state index in [0.717, 1.165) is 12.1 Å². The molecule has 0 radical (unpaired) electrons. The molecule has 1 atom stereocenters. The molecule has 0 aliphatic carbocycles. The van der Waals surface area contributed by atoms with Crippen molar-refractivity contribution in [2.75, 3.05) is 11.9 Å². The largest absolute Gasteiger partial charge is 0.417 e. The number of benzene rings is 1. The van der Waals surface area contributed by atoms with Gasteiger partial charge in [-0.1, -0.05) is 11.6 Å². The van der Waals surface area contributed by atoms with Crippen LogP contribution in [0.1, 0.15) is 26.3 Å². The third-order valence-electron chi connectivity index (χ3n) is 2.57. The number of carbonyl (C=O) groups excluding carboxylic acids is 1. The zero-order chi connectivity index (χ0) is 17.1. The number of hydrogen-bond donors (Lipinski definition) is 2. The van der Waals surface area contributed by atoms with Crippen molar-refractivity contribution in [1.29, 1.82) is 0 Å². The fourth-order valence-electron chi connectivity index (χ4n) is 1.47. The van der Waals surface area contributed by atoms with E-state index in [1.54, 1.807) is 20.8 Å². The van der Waals surface area contributed by atoms with Crippen molar-refractivity contribution >= 4 is 23.2 Å². The molecule has 8 heteroatoms. The van der Waals surface area contributed by atoms with Gasteiger partial charge in [-0.3, -0.25) is 4.79 Å². The first-order valence-corrected chi connectivity index (χ1v) is 6.85. The summed E-state index contributed by atoms with van der Waals surface area (Å²) in [6.45, 7) is 5.35. The van der Waals surface area contributed by atoms with E-state index in [1.807, 2.05) is 0 Å². The molecule has 1 rings (SSSR count). The Labute approximate surface area is 131 Å². The summed E-state index contributed by atoms with van der Waals surface area (Å²) in [6.07, 6.45) is -4.60. The molecule has 4 nitrogen and oxygen atoms in total. The molecule has 1 unspecified atom stereocenters. The highest BCUT2D eigenvalue weighted by Gasteiger charge is 2.33. The van der Waals surface area contributed by atoms with Gasteiger partial charge >= 0.3 is 6.18 Å². The molecule has 1 amide bonds. The molecular formula is C14H18ClF3N2O2. The van der Waals surface area contributed by atoms with Gasteiger partial charge in [0.15, 0.2) is 0 Å². The van der Waals surface area contributed by atoms with Crippen molar-refractivity contribution in [2.24, 2.45) is 5.73 Å². The lowest BCUT2D eigenvalue weighted by Gasteiger charge is -2.22. The van der Waals surface area contributed by atoms with Crippen LogP contribution in [0.15, 0.2) is 18.2 Å². The van der Waals surface area contributed by atoms with E-state index in [1.165, 1.54) is 6.07 Å². The molecule has 0 saturated carbocycles. The minimum atomic E-state index is -4.60. The predicted octanol–water partition coefficient (Wildman–Crippen LogP) is 3.44. The van der Waals surface area contributed by atoms with Crippen molar-refractivity contribution in [1.82, 2.24) is 0 Å². The highest BCUT2D eigenvalue weighted by atomic mass is 35.5. The second-order valence-electron chi connectivity index (χ2n) is 5.71. The van der Waals surface area contributed by atoms with E-state index in [0.29, 0.717) is 0 Å². The molecular weight excluding hydrogens is 321 g/mol. The smallest absolute Gasteiger partial charge is 0.374 e. The van der Waals surface area contributed by atoms with Crippen molar-refractivity contribution in [2.45, 2.75) is 38.6 Å². The maximum absolute atomic E-state index is 12.7. The Balaban J connectivity index is 2.76. The first-order chi connectivity index (χ1) is 9.90. The summed E-state index contributed by atoms with van der Waals surface area (Å²) in [4.78, 5) is 11.8. The maximum atomic E-state index is 12.7. The topological polar surface area (TPSA) is 64.3 Å². The summed E-state index contributed by atoms with van der Waals surface area (Å²) in [5, 5.41) is 1.88. The maximum Gasteiger partial charge on any atom is 0.417 e. The number of ether oxygens (including phenoxy) is 1. The summed E-state index contributed by atoms with van der Waals surface area (Å²) in [6, 6.07) is 2.10. The Hall–Kier alpha value is -1.31. The molecule has 0 aromatic heterocycles. The molecule has 22 heavy (non-hydrogen) atoms. The number of alkyl halides is 3. The van der Waals surface area contributed by atoms with Crippen LogP contribution in [0.2, 0.25) is 5.02 Å². The number of anilines is 1. The Morgan fingerprint density at radius 3 is 2.45 bits per heavy atom. The molecule has 0 fully saturated rings. The average Bonchev–Trinajstić information content (AvgIpc) is 2.35. The molecule has 124 valence electrons. The summed E-state index contributed by atoms with van der Waals surface area (Å²) in [7, 11) is 0. The summed E-state index contributed by atoms with van der Waals surface area (Å²) < 4.78 is 43.6. The molecule has 0 aliphatic heterocycles. The lowest BCUT2D eigenvalue weighted by Crippen LogP contribution is -2.41. The van der Waals surface area contributed by atoms with Crippen molar-refractivity contribution in [3.05, 3.63) is 28.8 Å². The van der Waals surface area contributed by atoms with Gasteiger partial charge in [-0.15, -0.1) is 0 Å². The van der Waals surface area contributed by atoms with Gasteiger partial charge in [-0.2, -0.15) is 13.2 Å². The monoisotopic (exact) mass is 338 g/mol. The van der Waals surface area contributed by atoms with Crippen LogP contribution in [-0.4, -0.2) is 24.2 Å². The van der Waals surface area contributed by atoms with Crippen LogP contribution in [0.25, 0.3) is 0 Å². The second kappa shape index (κ2) is 6.85. The van der Waals surface area contributed by atoms with Crippen LogP contribution in [0.5, 0.6) is 0 Å². The lowest BCUT2D eigenvalue weighted by molar-refractivity contribution is -0.137. The van der Waals surface area contributed by atoms with Crippen LogP contribution >= 0.6 is 11.6 Å². The Morgan fingerprint density at radius 2 is 1.95 bits per heavy atom. The normalized spacial score (nSPS) is 13.8. The Bertz CT molecular complexity index is 542. The van der Waals surface area contributed by atoms with Crippen LogP contribution in [0.4, 0.5) is 18.9 Å². The van der Waals surface area contributed by atoms with E-state index in [2.05, 4.69) is 5.32 Å².